The van der Waals surface area contributed by atoms with Gasteiger partial charge >= 0.3 is 0 Å². The molecule has 4 rings (SSSR count). The molecule has 0 spiro atoms. The van der Waals surface area contributed by atoms with Gasteiger partial charge in [0.2, 0.25) is 5.91 Å². The summed E-state index contributed by atoms with van der Waals surface area (Å²) in [7, 11) is 0. The fourth-order valence-electron chi connectivity index (χ4n) is 4.66. The van der Waals surface area contributed by atoms with E-state index in [-0.39, 0.29) is 11.7 Å². The number of likely N-dealkylation sites (tertiary alicyclic amines) is 1. The molecule has 1 amide bonds. The molecular weight excluding hydrogens is 377 g/mol. The summed E-state index contributed by atoms with van der Waals surface area (Å²) in [6.45, 7) is 6.85. The predicted molar refractivity (Wildman–Crippen MR) is 119 cm³/mol. The van der Waals surface area contributed by atoms with Crippen molar-refractivity contribution in [3.8, 4) is 0 Å². The van der Waals surface area contributed by atoms with Crippen LogP contribution in [0.15, 0.2) is 42.5 Å². The fourth-order valence-corrected chi connectivity index (χ4v) is 4.66. The number of amides is 1. The van der Waals surface area contributed by atoms with Crippen LogP contribution in [0.1, 0.15) is 42.9 Å². The van der Waals surface area contributed by atoms with Crippen molar-refractivity contribution in [2.75, 3.05) is 31.1 Å². The van der Waals surface area contributed by atoms with E-state index in [4.69, 9.17) is 0 Å². The van der Waals surface area contributed by atoms with Crippen molar-refractivity contribution in [2.45, 2.75) is 51.6 Å². The van der Waals surface area contributed by atoms with Gasteiger partial charge in [-0.15, -0.1) is 0 Å². The number of halogens is 1. The third-order valence-electron chi connectivity index (χ3n) is 6.52. The maximum absolute atomic E-state index is 13.1. The zero-order chi connectivity index (χ0) is 20.9. The molecule has 0 saturated carbocycles. The number of anilines is 1. The molecule has 2 aliphatic heterocycles. The van der Waals surface area contributed by atoms with Crippen molar-refractivity contribution >= 4 is 11.6 Å². The van der Waals surface area contributed by atoms with Gasteiger partial charge in [0.15, 0.2) is 0 Å². The highest BCUT2D eigenvalue weighted by Crippen LogP contribution is 2.33. The molecule has 0 unspecified atom stereocenters. The van der Waals surface area contributed by atoms with Crippen molar-refractivity contribution in [3.63, 3.8) is 0 Å². The Balaban J connectivity index is 1.30. The first kappa shape index (κ1) is 20.9. The Bertz CT molecular complexity index is 859. The van der Waals surface area contributed by atoms with E-state index >= 15 is 0 Å². The van der Waals surface area contributed by atoms with Crippen molar-refractivity contribution in [1.82, 2.24) is 10.2 Å². The Morgan fingerprint density at radius 1 is 1.07 bits per heavy atom. The molecule has 2 heterocycles. The molecule has 2 aliphatic rings. The lowest BCUT2D eigenvalue weighted by Crippen LogP contribution is -2.45. The highest BCUT2D eigenvalue weighted by atomic mass is 19.1. The minimum absolute atomic E-state index is 0.0976. The number of fused-ring (bicyclic) bond motifs is 1. The minimum atomic E-state index is -0.165. The smallest absolute Gasteiger partial charge is 0.219 e. The summed E-state index contributed by atoms with van der Waals surface area (Å²) in [6, 6.07) is 14.1. The van der Waals surface area contributed by atoms with Crippen molar-refractivity contribution < 1.29 is 9.18 Å². The second-order valence-corrected chi connectivity index (χ2v) is 8.49. The first-order valence-electron chi connectivity index (χ1n) is 11.2. The zero-order valence-corrected chi connectivity index (χ0v) is 17.9. The second kappa shape index (κ2) is 9.61. The van der Waals surface area contributed by atoms with Crippen molar-refractivity contribution in [1.29, 1.82) is 0 Å². The van der Waals surface area contributed by atoms with E-state index < -0.39 is 0 Å². The van der Waals surface area contributed by atoms with Gasteiger partial charge in [-0.2, -0.15) is 0 Å². The number of rotatable bonds is 7. The van der Waals surface area contributed by atoms with Crippen LogP contribution in [-0.2, 0) is 24.2 Å². The molecule has 1 saturated heterocycles. The lowest BCUT2D eigenvalue weighted by molar-refractivity contribution is -0.120. The van der Waals surface area contributed by atoms with Crippen LogP contribution in [0.25, 0.3) is 0 Å². The molecule has 1 fully saturated rings. The highest BCUT2D eigenvalue weighted by molar-refractivity contribution is 5.75. The number of benzene rings is 2. The van der Waals surface area contributed by atoms with Gasteiger partial charge in [0.1, 0.15) is 5.82 Å². The Labute approximate surface area is 179 Å². The van der Waals surface area contributed by atoms with E-state index in [0.717, 1.165) is 39.0 Å². The molecule has 160 valence electrons. The lowest BCUT2D eigenvalue weighted by Gasteiger charge is -2.38. The van der Waals surface area contributed by atoms with Gasteiger partial charge in [-0.3, -0.25) is 4.79 Å². The first-order chi connectivity index (χ1) is 14.6. The van der Waals surface area contributed by atoms with E-state index in [1.165, 1.54) is 35.2 Å². The van der Waals surface area contributed by atoms with Crippen molar-refractivity contribution in [2.24, 2.45) is 0 Å². The number of nitrogens with zero attached hydrogens (tertiary/aromatic N) is 2. The molecule has 2 aromatic carbocycles. The predicted octanol–water partition coefficient (Wildman–Crippen LogP) is 3.92. The summed E-state index contributed by atoms with van der Waals surface area (Å²) >= 11 is 0. The van der Waals surface area contributed by atoms with Crippen LogP contribution in [-0.4, -0.2) is 43.0 Å². The molecular formula is C25H32FN3O. The van der Waals surface area contributed by atoms with E-state index in [0.29, 0.717) is 19.0 Å². The number of nitrogens with one attached hydrogen (secondary N) is 1. The monoisotopic (exact) mass is 409 g/mol. The topological polar surface area (TPSA) is 35.6 Å². The summed E-state index contributed by atoms with van der Waals surface area (Å²) in [5.74, 6) is -0.0678. The number of piperidine rings is 1. The SMILES string of the molecule is CCC(=O)NCc1ccc2c(c1)N(C1CCN(CCc3ccc(F)cc3)CC1)CC2. The molecule has 0 atom stereocenters. The maximum Gasteiger partial charge on any atom is 0.219 e. The standard InChI is InChI=1S/C25H32FN3O/c1-2-25(30)27-18-20-3-6-21-10-16-29(24(21)17-20)23-11-14-28(15-12-23)13-9-19-4-7-22(26)8-5-19/h3-8,17,23H,2,9-16,18H2,1H3,(H,27,30). The van der Waals surface area contributed by atoms with Crippen LogP contribution < -0.4 is 10.2 Å². The van der Waals surface area contributed by atoms with Crippen LogP contribution in [0.2, 0.25) is 0 Å². The summed E-state index contributed by atoms with van der Waals surface area (Å²) in [6.07, 6.45) is 4.97. The van der Waals surface area contributed by atoms with Gasteiger partial charge in [-0.25, -0.2) is 4.39 Å². The van der Waals surface area contributed by atoms with E-state index in [1.807, 2.05) is 19.1 Å². The summed E-state index contributed by atoms with van der Waals surface area (Å²) in [4.78, 5) is 16.7. The second-order valence-electron chi connectivity index (χ2n) is 8.49. The molecule has 2 aromatic rings. The average Bonchev–Trinajstić information content (AvgIpc) is 3.20. The Morgan fingerprint density at radius 2 is 1.80 bits per heavy atom. The average molecular weight is 410 g/mol. The van der Waals surface area contributed by atoms with Gasteiger partial charge in [0.05, 0.1) is 0 Å². The summed E-state index contributed by atoms with van der Waals surface area (Å²) in [5, 5.41) is 2.99. The van der Waals surface area contributed by atoms with Crippen LogP contribution in [0.4, 0.5) is 10.1 Å². The Hall–Kier alpha value is -2.40. The molecule has 0 aliphatic carbocycles. The van der Waals surface area contributed by atoms with Crippen molar-refractivity contribution in [3.05, 3.63) is 65.0 Å². The van der Waals surface area contributed by atoms with E-state index in [2.05, 4.69) is 33.3 Å². The van der Waals surface area contributed by atoms with Gasteiger partial charge in [0, 0.05) is 50.9 Å². The van der Waals surface area contributed by atoms with E-state index in [9.17, 15) is 9.18 Å². The van der Waals surface area contributed by atoms with Crippen LogP contribution in [0, 0.1) is 5.82 Å². The Kier molecular flexibility index (Phi) is 6.68. The van der Waals surface area contributed by atoms with Gasteiger partial charge in [-0.1, -0.05) is 31.2 Å². The lowest BCUT2D eigenvalue weighted by atomic mass is 10.0. The molecule has 30 heavy (non-hydrogen) atoms. The first-order valence-corrected chi connectivity index (χ1v) is 11.2. The molecule has 4 nitrogen and oxygen atoms in total. The summed E-state index contributed by atoms with van der Waals surface area (Å²) < 4.78 is 13.1. The normalized spacial score (nSPS) is 17.2. The van der Waals surface area contributed by atoms with E-state index in [1.54, 1.807) is 12.1 Å². The molecule has 0 aromatic heterocycles. The third-order valence-corrected chi connectivity index (χ3v) is 6.52. The Morgan fingerprint density at radius 3 is 2.53 bits per heavy atom. The number of carbonyl (C=O) groups excluding carboxylic acids is 1. The van der Waals surface area contributed by atoms with Gasteiger partial charge in [0.25, 0.3) is 0 Å². The number of hydrogen-bond donors (Lipinski definition) is 1. The third kappa shape index (κ3) is 5.01. The van der Waals surface area contributed by atoms with Gasteiger partial charge in [-0.05, 0) is 60.6 Å². The van der Waals surface area contributed by atoms with Crippen LogP contribution >= 0.6 is 0 Å². The molecule has 1 N–H and O–H groups in total. The minimum Gasteiger partial charge on any atom is -0.368 e. The molecule has 0 radical (unpaired) electrons. The number of hydrogen-bond acceptors (Lipinski definition) is 3. The quantitative estimate of drug-likeness (QED) is 0.753. The molecule has 5 heteroatoms. The zero-order valence-electron chi connectivity index (χ0n) is 17.9. The van der Waals surface area contributed by atoms with Crippen LogP contribution in [0.3, 0.4) is 0 Å². The largest absolute Gasteiger partial charge is 0.368 e. The van der Waals surface area contributed by atoms with Gasteiger partial charge < -0.3 is 15.1 Å². The van der Waals surface area contributed by atoms with Crippen LogP contribution in [0.5, 0.6) is 0 Å². The number of carbonyl (C=O) groups is 1. The highest BCUT2D eigenvalue weighted by Gasteiger charge is 2.29. The maximum atomic E-state index is 13.1. The summed E-state index contributed by atoms with van der Waals surface area (Å²) in [5.41, 5.74) is 5.18. The fraction of sp³-hybridized carbons (Fsp3) is 0.480. The molecule has 0 bridgehead atoms.